The third-order valence-electron chi connectivity index (χ3n) is 4.22. The maximum atomic E-state index is 14.6. The van der Waals surface area contributed by atoms with E-state index in [1.54, 1.807) is 18.2 Å². The van der Waals surface area contributed by atoms with E-state index in [0.29, 0.717) is 16.8 Å². The molecule has 4 heterocycles. The fraction of sp³-hybridized carbons (Fsp3) is 0.0625. The molecule has 2 N–H and O–H groups in total. The van der Waals surface area contributed by atoms with Gasteiger partial charge in [0.25, 0.3) is 5.56 Å². The maximum absolute atomic E-state index is 14.6. The molecule has 0 saturated heterocycles. The molecule has 0 saturated carbocycles. The Morgan fingerprint density at radius 1 is 1.19 bits per heavy atom. The van der Waals surface area contributed by atoms with Crippen molar-refractivity contribution in [3.8, 4) is 10.6 Å². The number of benzene rings is 1. The standard InChI is InChI=1S/C16H10FN7OS/c17-9-5-2-1-4-8(9)14-11-12(10-6-3-7-26-10)19-20-15(25)13(11)18-16-21-22-23-24(14)16/h1-7,14H,(H,20,25)(H,18,21,23). The number of tetrazole rings is 1. The number of fused-ring (bicyclic) bond motifs is 2. The van der Waals surface area contributed by atoms with Crippen LogP contribution in [0.3, 0.4) is 0 Å². The van der Waals surface area contributed by atoms with Crippen molar-refractivity contribution in [2.45, 2.75) is 6.04 Å². The molecule has 0 bridgehead atoms. The Morgan fingerprint density at radius 2 is 2.08 bits per heavy atom. The summed E-state index contributed by atoms with van der Waals surface area (Å²) in [7, 11) is 0. The summed E-state index contributed by atoms with van der Waals surface area (Å²) in [4.78, 5) is 13.3. The number of hydrogen-bond acceptors (Lipinski definition) is 7. The third kappa shape index (κ3) is 2.09. The van der Waals surface area contributed by atoms with Crippen molar-refractivity contribution >= 4 is 23.0 Å². The van der Waals surface area contributed by atoms with Gasteiger partial charge in [0.05, 0.1) is 4.88 Å². The van der Waals surface area contributed by atoms with E-state index in [-0.39, 0.29) is 11.6 Å². The van der Waals surface area contributed by atoms with Crippen molar-refractivity contribution in [3.05, 3.63) is 69.1 Å². The van der Waals surface area contributed by atoms with Crippen LogP contribution in [0.4, 0.5) is 16.0 Å². The van der Waals surface area contributed by atoms with E-state index in [1.165, 1.54) is 22.1 Å². The summed E-state index contributed by atoms with van der Waals surface area (Å²) in [5.74, 6) is -0.149. The van der Waals surface area contributed by atoms with Gasteiger partial charge in [-0.25, -0.2) is 9.49 Å². The van der Waals surface area contributed by atoms with Gasteiger partial charge >= 0.3 is 0 Å². The Balaban J connectivity index is 1.87. The van der Waals surface area contributed by atoms with Crippen LogP contribution in [0.15, 0.2) is 46.6 Å². The SMILES string of the molecule is O=c1[nH]nc(-c2cccs2)c2c1Nc1nnnn1C2c1ccccc1F. The lowest BCUT2D eigenvalue weighted by Crippen LogP contribution is -2.29. The van der Waals surface area contributed by atoms with Crippen LogP contribution in [-0.4, -0.2) is 30.4 Å². The van der Waals surface area contributed by atoms with Gasteiger partial charge in [0.15, 0.2) is 0 Å². The van der Waals surface area contributed by atoms with Crippen LogP contribution in [-0.2, 0) is 0 Å². The summed E-state index contributed by atoms with van der Waals surface area (Å²) in [5.41, 5.74) is 1.28. The van der Waals surface area contributed by atoms with Crippen molar-refractivity contribution in [2.24, 2.45) is 0 Å². The molecular weight excluding hydrogens is 357 g/mol. The molecule has 0 radical (unpaired) electrons. The van der Waals surface area contributed by atoms with Crippen LogP contribution >= 0.6 is 11.3 Å². The minimum absolute atomic E-state index is 0.263. The van der Waals surface area contributed by atoms with E-state index >= 15 is 0 Å². The Hall–Kier alpha value is -3.40. The minimum Gasteiger partial charge on any atom is -0.318 e. The van der Waals surface area contributed by atoms with Gasteiger partial charge in [-0.15, -0.1) is 11.3 Å². The number of nitrogens with zero attached hydrogens (tertiary/aromatic N) is 5. The minimum atomic E-state index is -0.718. The second-order valence-corrected chi connectivity index (χ2v) is 6.61. The van der Waals surface area contributed by atoms with Gasteiger partial charge in [0, 0.05) is 11.1 Å². The van der Waals surface area contributed by atoms with Crippen molar-refractivity contribution in [1.29, 1.82) is 0 Å². The normalized spacial score (nSPS) is 15.2. The molecule has 0 spiro atoms. The van der Waals surface area contributed by atoms with Crippen LogP contribution in [0, 0.1) is 5.82 Å². The zero-order chi connectivity index (χ0) is 17.7. The molecular formula is C16H10FN7OS. The number of anilines is 2. The topological polar surface area (TPSA) is 101 Å². The summed E-state index contributed by atoms with van der Waals surface area (Å²) < 4.78 is 16.1. The van der Waals surface area contributed by atoms with Crippen LogP contribution in [0.25, 0.3) is 10.6 Å². The molecule has 1 atom stereocenters. The molecule has 0 fully saturated rings. The molecule has 1 aliphatic heterocycles. The first-order chi connectivity index (χ1) is 12.7. The molecule has 3 aromatic heterocycles. The average Bonchev–Trinajstić information content (AvgIpc) is 3.33. The Kier molecular flexibility index (Phi) is 3.19. The first kappa shape index (κ1) is 14.9. The van der Waals surface area contributed by atoms with E-state index in [0.717, 1.165) is 4.88 Å². The third-order valence-corrected chi connectivity index (χ3v) is 5.10. The van der Waals surface area contributed by atoms with Crippen LogP contribution < -0.4 is 10.9 Å². The van der Waals surface area contributed by atoms with E-state index in [9.17, 15) is 9.18 Å². The quantitative estimate of drug-likeness (QED) is 0.497. The lowest BCUT2D eigenvalue weighted by molar-refractivity contribution is 0.528. The van der Waals surface area contributed by atoms with E-state index < -0.39 is 17.4 Å². The summed E-state index contributed by atoms with van der Waals surface area (Å²) in [5, 5.41) is 23.1. The van der Waals surface area contributed by atoms with Gasteiger partial charge < -0.3 is 5.32 Å². The van der Waals surface area contributed by atoms with Gasteiger partial charge in [-0.05, 0) is 27.9 Å². The lowest BCUT2D eigenvalue weighted by Gasteiger charge is -2.27. The number of hydrogen-bond donors (Lipinski definition) is 2. The summed E-state index contributed by atoms with van der Waals surface area (Å²) in [6.45, 7) is 0. The van der Waals surface area contributed by atoms with Crippen molar-refractivity contribution < 1.29 is 4.39 Å². The highest BCUT2D eigenvalue weighted by Crippen LogP contribution is 2.42. The number of H-pyrrole nitrogens is 1. The molecule has 1 aromatic carbocycles. The average molecular weight is 367 g/mol. The molecule has 0 amide bonds. The molecule has 26 heavy (non-hydrogen) atoms. The first-order valence-electron chi connectivity index (χ1n) is 7.70. The molecule has 128 valence electrons. The largest absolute Gasteiger partial charge is 0.318 e. The Bertz CT molecular complexity index is 1170. The monoisotopic (exact) mass is 367 g/mol. The number of aromatic nitrogens is 6. The highest BCUT2D eigenvalue weighted by Gasteiger charge is 2.35. The van der Waals surface area contributed by atoms with Crippen molar-refractivity contribution in [2.75, 3.05) is 5.32 Å². The summed E-state index contributed by atoms with van der Waals surface area (Å²) in [6, 6.07) is 9.42. The smallest absolute Gasteiger partial charge is 0.288 e. The molecule has 0 aliphatic carbocycles. The fourth-order valence-electron chi connectivity index (χ4n) is 3.12. The van der Waals surface area contributed by atoms with Gasteiger partial charge in [0.1, 0.15) is 23.2 Å². The first-order valence-corrected chi connectivity index (χ1v) is 8.58. The molecule has 10 heteroatoms. The second-order valence-electron chi connectivity index (χ2n) is 5.66. The van der Waals surface area contributed by atoms with Crippen molar-refractivity contribution in [3.63, 3.8) is 0 Å². The second kappa shape index (κ2) is 5.56. The van der Waals surface area contributed by atoms with Gasteiger partial charge in [-0.2, -0.15) is 9.78 Å². The van der Waals surface area contributed by atoms with Crippen LogP contribution in [0.1, 0.15) is 17.2 Å². The number of halogens is 1. The predicted molar refractivity (Wildman–Crippen MR) is 92.9 cm³/mol. The van der Waals surface area contributed by atoms with E-state index in [1.807, 2.05) is 17.5 Å². The van der Waals surface area contributed by atoms with Gasteiger partial charge in [-0.3, -0.25) is 4.79 Å². The maximum Gasteiger partial charge on any atom is 0.288 e. The molecule has 8 nitrogen and oxygen atoms in total. The molecule has 1 unspecified atom stereocenters. The Labute approximate surface area is 149 Å². The van der Waals surface area contributed by atoms with Crippen molar-refractivity contribution in [1.82, 2.24) is 30.4 Å². The zero-order valence-electron chi connectivity index (χ0n) is 13.0. The fourth-order valence-corrected chi connectivity index (χ4v) is 3.85. The number of rotatable bonds is 2. The zero-order valence-corrected chi connectivity index (χ0v) is 13.9. The number of thiophene rings is 1. The van der Waals surface area contributed by atoms with Crippen LogP contribution in [0.2, 0.25) is 0 Å². The highest BCUT2D eigenvalue weighted by atomic mass is 32.1. The van der Waals surface area contributed by atoms with Gasteiger partial charge in [0.2, 0.25) is 5.95 Å². The van der Waals surface area contributed by atoms with E-state index in [4.69, 9.17) is 0 Å². The number of nitrogens with one attached hydrogen (secondary N) is 2. The summed E-state index contributed by atoms with van der Waals surface area (Å²) in [6.07, 6.45) is 0. The molecule has 5 rings (SSSR count). The van der Waals surface area contributed by atoms with Crippen LogP contribution in [0.5, 0.6) is 0 Å². The Morgan fingerprint density at radius 3 is 2.88 bits per heavy atom. The highest BCUT2D eigenvalue weighted by molar-refractivity contribution is 7.13. The molecule has 1 aliphatic rings. The van der Waals surface area contributed by atoms with E-state index in [2.05, 4.69) is 31.0 Å². The number of aromatic amines is 1. The van der Waals surface area contributed by atoms with Gasteiger partial charge in [-0.1, -0.05) is 29.4 Å². The predicted octanol–water partition coefficient (Wildman–Crippen LogP) is 2.32. The summed E-state index contributed by atoms with van der Waals surface area (Å²) >= 11 is 1.47. The molecule has 4 aromatic rings. The lowest BCUT2D eigenvalue weighted by atomic mass is 9.94.